The van der Waals surface area contributed by atoms with E-state index in [2.05, 4.69) is 4.72 Å². The summed E-state index contributed by atoms with van der Waals surface area (Å²) in [6, 6.07) is 13.2. The van der Waals surface area contributed by atoms with Crippen molar-refractivity contribution in [3.05, 3.63) is 65.7 Å². The van der Waals surface area contributed by atoms with Crippen molar-refractivity contribution in [2.45, 2.75) is 18.2 Å². The second-order valence-electron chi connectivity index (χ2n) is 4.90. The number of aryl methyl sites for hydroxylation is 1. The summed E-state index contributed by atoms with van der Waals surface area (Å²) in [5, 5.41) is 8.57. The number of sulfonamides is 1. The second kappa shape index (κ2) is 7.11. The van der Waals surface area contributed by atoms with E-state index < -0.39 is 16.0 Å². The van der Waals surface area contributed by atoms with Crippen molar-refractivity contribution in [3.63, 3.8) is 0 Å². The molecule has 0 saturated carbocycles. The number of anilines is 1. The van der Waals surface area contributed by atoms with Crippen LogP contribution >= 0.6 is 0 Å². The Hall–Kier alpha value is -2.60. The van der Waals surface area contributed by atoms with Gasteiger partial charge in [-0.1, -0.05) is 31.2 Å². The minimum Gasteiger partial charge on any atom is -0.478 e. The standard InChI is InChI=1S/C17H17NO4S/c1-2-13-4-3-5-15(12-13)18-23(21,22)16-9-6-14(7-10-16)8-11-17(19)20/h3-12,18H,2H2,1H3,(H,19,20). The molecule has 2 aromatic rings. The van der Waals surface area contributed by atoms with Crippen molar-refractivity contribution < 1.29 is 18.3 Å². The summed E-state index contributed by atoms with van der Waals surface area (Å²) in [6.45, 7) is 2.00. The predicted octanol–water partition coefficient (Wildman–Crippen LogP) is 3.15. The van der Waals surface area contributed by atoms with Crippen molar-refractivity contribution in [2.24, 2.45) is 0 Å². The first-order valence-corrected chi connectivity index (χ1v) is 8.52. The Balaban J connectivity index is 2.20. The van der Waals surface area contributed by atoms with E-state index in [4.69, 9.17) is 5.11 Å². The number of benzene rings is 2. The first-order valence-electron chi connectivity index (χ1n) is 7.03. The number of carboxylic acid groups (broad SMARTS) is 1. The van der Waals surface area contributed by atoms with Gasteiger partial charge in [-0.25, -0.2) is 13.2 Å². The number of hydrogen-bond acceptors (Lipinski definition) is 3. The second-order valence-corrected chi connectivity index (χ2v) is 6.58. The van der Waals surface area contributed by atoms with Gasteiger partial charge in [0, 0.05) is 11.8 Å². The zero-order chi connectivity index (χ0) is 16.9. The maximum absolute atomic E-state index is 12.4. The molecule has 0 atom stereocenters. The van der Waals surface area contributed by atoms with E-state index >= 15 is 0 Å². The molecule has 0 aliphatic heterocycles. The van der Waals surface area contributed by atoms with E-state index in [-0.39, 0.29) is 4.90 Å². The van der Waals surface area contributed by atoms with Crippen LogP contribution in [0, 0.1) is 0 Å². The van der Waals surface area contributed by atoms with Gasteiger partial charge in [0.15, 0.2) is 0 Å². The van der Waals surface area contributed by atoms with Crippen LogP contribution in [-0.4, -0.2) is 19.5 Å². The normalized spacial score (nSPS) is 11.5. The molecule has 0 radical (unpaired) electrons. The molecule has 0 aliphatic rings. The fraction of sp³-hybridized carbons (Fsp3) is 0.118. The van der Waals surface area contributed by atoms with Crippen molar-refractivity contribution in [1.82, 2.24) is 0 Å². The van der Waals surface area contributed by atoms with Gasteiger partial charge in [0.1, 0.15) is 0 Å². The molecule has 120 valence electrons. The zero-order valence-corrected chi connectivity index (χ0v) is 13.4. The zero-order valence-electron chi connectivity index (χ0n) is 12.6. The van der Waals surface area contributed by atoms with Gasteiger partial charge in [0.05, 0.1) is 4.90 Å². The highest BCUT2D eigenvalue weighted by molar-refractivity contribution is 7.92. The maximum atomic E-state index is 12.4. The molecule has 0 unspecified atom stereocenters. The van der Waals surface area contributed by atoms with Crippen molar-refractivity contribution in [1.29, 1.82) is 0 Å². The van der Waals surface area contributed by atoms with Gasteiger partial charge in [0.2, 0.25) is 0 Å². The maximum Gasteiger partial charge on any atom is 0.328 e. The number of carbonyl (C=O) groups is 1. The molecular weight excluding hydrogens is 314 g/mol. The minimum absolute atomic E-state index is 0.117. The average molecular weight is 331 g/mol. The van der Waals surface area contributed by atoms with Crippen molar-refractivity contribution in [2.75, 3.05) is 4.72 Å². The molecule has 2 N–H and O–H groups in total. The Bertz CT molecular complexity index is 824. The van der Waals surface area contributed by atoms with Crippen LogP contribution in [-0.2, 0) is 21.2 Å². The topological polar surface area (TPSA) is 83.5 Å². The third-order valence-corrected chi connectivity index (χ3v) is 4.59. The quantitative estimate of drug-likeness (QED) is 0.797. The van der Waals surface area contributed by atoms with Crippen LogP contribution in [0.3, 0.4) is 0 Å². The molecule has 5 nitrogen and oxygen atoms in total. The molecule has 0 aliphatic carbocycles. The van der Waals surface area contributed by atoms with E-state index in [1.54, 1.807) is 30.3 Å². The van der Waals surface area contributed by atoms with E-state index in [1.165, 1.54) is 18.2 Å². The Morgan fingerprint density at radius 3 is 2.48 bits per heavy atom. The highest BCUT2D eigenvalue weighted by Gasteiger charge is 2.13. The lowest BCUT2D eigenvalue weighted by Crippen LogP contribution is -2.13. The number of hydrogen-bond donors (Lipinski definition) is 2. The SMILES string of the molecule is CCc1cccc(NS(=O)(=O)c2ccc(C=CC(=O)O)cc2)c1. The largest absolute Gasteiger partial charge is 0.478 e. The first-order chi connectivity index (χ1) is 10.9. The average Bonchev–Trinajstić information content (AvgIpc) is 2.53. The van der Waals surface area contributed by atoms with E-state index in [1.807, 2.05) is 13.0 Å². The number of aliphatic carboxylic acids is 1. The molecule has 23 heavy (non-hydrogen) atoms. The van der Waals surface area contributed by atoms with Crippen LogP contribution in [0.4, 0.5) is 5.69 Å². The molecule has 0 aromatic heterocycles. The summed E-state index contributed by atoms with van der Waals surface area (Å²) in [7, 11) is -3.68. The lowest BCUT2D eigenvalue weighted by atomic mass is 10.1. The Labute approximate surface area is 135 Å². The summed E-state index contributed by atoms with van der Waals surface area (Å²) in [6.07, 6.45) is 3.22. The third-order valence-electron chi connectivity index (χ3n) is 3.20. The van der Waals surface area contributed by atoms with Crippen LogP contribution in [0.25, 0.3) is 6.08 Å². The van der Waals surface area contributed by atoms with Crippen LogP contribution in [0.1, 0.15) is 18.1 Å². The van der Waals surface area contributed by atoms with Crippen LogP contribution < -0.4 is 4.72 Å². The molecule has 0 saturated heterocycles. The van der Waals surface area contributed by atoms with E-state index in [0.717, 1.165) is 18.1 Å². The molecule has 2 rings (SSSR count). The summed E-state index contributed by atoms with van der Waals surface area (Å²) >= 11 is 0. The van der Waals surface area contributed by atoms with Gasteiger partial charge < -0.3 is 5.11 Å². The van der Waals surface area contributed by atoms with Gasteiger partial charge in [0.25, 0.3) is 10.0 Å². The minimum atomic E-state index is -3.68. The molecular formula is C17H17NO4S. The summed E-state index contributed by atoms with van der Waals surface area (Å²) in [5.41, 5.74) is 2.16. The van der Waals surface area contributed by atoms with Gasteiger partial charge in [-0.15, -0.1) is 0 Å². The van der Waals surface area contributed by atoms with Gasteiger partial charge >= 0.3 is 5.97 Å². The fourth-order valence-corrected chi connectivity index (χ4v) is 3.04. The Kier molecular flexibility index (Phi) is 5.18. The molecule has 0 bridgehead atoms. The summed E-state index contributed by atoms with van der Waals surface area (Å²) in [4.78, 5) is 10.6. The monoisotopic (exact) mass is 331 g/mol. The van der Waals surface area contributed by atoms with Crippen molar-refractivity contribution in [3.8, 4) is 0 Å². The molecule has 2 aromatic carbocycles. The molecule has 0 spiro atoms. The van der Waals surface area contributed by atoms with Crippen LogP contribution in [0.15, 0.2) is 59.5 Å². The Morgan fingerprint density at radius 1 is 1.17 bits per heavy atom. The van der Waals surface area contributed by atoms with E-state index in [9.17, 15) is 13.2 Å². The summed E-state index contributed by atoms with van der Waals surface area (Å²) < 4.78 is 27.2. The smallest absolute Gasteiger partial charge is 0.328 e. The van der Waals surface area contributed by atoms with Gasteiger partial charge in [-0.3, -0.25) is 4.72 Å². The molecule has 6 heteroatoms. The molecule has 0 heterocycles. The number of rotatable bonds is 6. The van der Waals surface area contributed by atoms with Crippen LogP contribution in [0.2, 0.25) is 0 Å². The Morgan fingerprint density at radius 2 is 1.87 bits per heavy atom. The predicted molar refractivity (Wildman–Crippen MR) is 89.7 cm³/mol. The van der Waals surface area contributed by atoms with Crippen molar-refractivity contribution >= 4 is 27.8 Å². The van der Waals surface area contributed by atoms with Gasteiger partial charge in [-0.2, -0.15) is 0 Å². The lowest BCUT2D eigenvalue weighted by molar-refractivity contribution is -0.131. The highest BCUT2D eigenvalue weighted by Crippen LogP contribution is 2.18. The fourth-order valence-electron chi connectivity index (χ4n) is 1.99. The highest BCUT2D eigenvalue weighted by atomic mass is 32.2. The lowest BCUT2D eigenvalue weighted by Gasteiger charge is -2.09. The number of carboxylic acids is 1. The van der Waals surface area contributed by atoms with Gasteiger partial charge in [-0.05, 0) is 47.9 Å². The van der Waals surface area contributed by atoms with Crippen LogP contribution in [0.5, 0.6) is 0 Å². The first kappa shape index (κ1) is 16.8. The molecule has 0 fully saturated rings. The third kappa shape index (κ3) is 4.69. The summed E-state index contributed by atoms with van der Waals surface area (Å²) in [5.74, 6) is -1.06. The molecule has 0 amide bonds. The number of nitrogens with one attached hydrogen (secondary N) is 1. The van der Waals surface area contributed by atoms with E-state index in [0.29, 0.717) is 11.3 Å².